The van der Waals surface area contributed by atoms with E-state index < -0.39 is 47.3 Å². The minimum Gasteiger partial charge on any atom is -0.326 e. The SMILES string of the molecule is O=C(c1nc2c(C(F)(F)F)cc(-c3cn[nH]c3)cn2c1Cl)N1CCN(c2ccccc2F)C(=O)C1. The van der Waals surface area contributed by atoms with E-state index in [-0.39, 0.29) is 29.5 Å². The van der Waals surface area contributed by atoms with E-state index in [0.717, 1.165) is 15.4 Å². The third-order valence-electron chi connectivity index (χ3n) is 5.65. The maximum absolute atomic E-state index is 14.1. The van der Waals surface area contributed by atoms with Crippen LogP contribution in [-0.4, -0.2) is 55.9 Å². The zero-order valence-corrected chi connectivity index (χ0v) is 18.4. The number of carbonyl (C=O) groups excluding carboxylic acids is 2. The van der Waals surface area contributed by atoms with Gasteiger partial charge in [0.05, 0.1) is 17.4 Å². The van der Waals surface area contributed by atoms with Gasteiger partial charge in [-0.2, -0.15) is 18.3 Å². The molecule has 2 amide bonds. The molecule has 0 radical (unpaired) electrons. The predicted molar refractivity (Wildman–Crippen MR) is 117 cm³/mol. The number of aromatic nitrogens is 4. The molecule has 180 valence electrons. The number of anilines is 1. The molecule has 1 saturated heterocycles. The lowest BCUT2D eigenvalue weighted by molar-refractivity contribution is -0.136. The van der Waals surface area contributed by atoms with E-state index in [0.29, 0.717) is 5.56 Å². The van der Waals surface area contributed by atoms with Crippen molar-refractivity contribution in [2.24, 2.45) is 0 Å². The van der Waals surface area contributed by atoms with Crippen molar-refractivity contribution in [2.75, 3.05) is 24.5 Å². The topological polar surface area (TPSA) is 86.6 Å². The number of carbonyl (C=O) groups is 2. The lowest BCUT2D eigenvalue weighted by Gasteiger charge is -2.34. The minimum atomic E-state index is -4.78. The van der Waals surface area contributed by atoms with E-state index in [1.807, 2.05) is 0 Å². The van der Waals surface area contributed by atoms with E-state index in [2.05, 4.69) is 15.2 Å². The highest BCUT2D eigenvalue weighted by atomic mass is 35.5. The number of pyridine rings is 1. The van der Waals surface area contributed by atoms with E-state index in [4.69, 9.17) is 11.6 Å². The third kappa shape index (κ3) is 3.99. The van der Waals surface area contributed by atoms with Gasteiger partial charge < -0.3 is 9.80 Å². The first-order chi connectivity index (χ1) is 16.6. The van der Waals surface area contributed by atoms with Crippen molar-refractivity contribution in [1.82, 2.24) is 24.5 Å². The van der Waals surface area contributed by atoms with Crippen LogP contribution in [0.1, 0.15) is 16.1 Å². The molecular formula is C22H15ClF4N6O2. The fourth-order valence-electron chi connectivity index (χ4n) is 3.95. The molecular weight excluding hydrogens is 492 g/mol. The van der Waals surface area contributed by atoms with Gasteiger partial charge >= 0.3 is 6.18 Å². The second-order valence-corrected chi connectivity index (χ2v) is 8.15. The van der Waals surface area contributed by atoms with Crippen LogP contribution in [0, 0.1) is 5.82 Å². The number of aromatic amines is 1. The highest BCUT2D eigenvalue weighted by Crippen LogP contribution is 2.37. The molecule has 1 aliphatic rings. The Kier molecular flexibility index (Phi) is 5.47. The van der Waals surface area contributed by atoms with Gasteiger partial charge in [-0.15, -0.1) is 0 Å². The Morgan fingerprint density at radius 1 is 1.14 bits per heavy atom. The van der Waals surface area contributed by atoms with Gasteiger partial charge in [-0.3, -0.25) is 19.1 Å². The molecule has 1 fully saturated rings. The molecule has 35 heavy (non-hydrogen) atoms. The highest BCUT2D eigenvalue weighted by Gasteiger charge is 2.37. The van der Waals surface area contributed by atoms with Gasteiger partial charge in [-0.25, -0.2) is 9.37 Å². The van der Waals surface area contributed by atoms with E-state index in [1.165, 1.54) is 41.7 Å². The number of nitrogens with zero attached hydrogens (tertiary/aromatic N) is 5. The molecule has 0 aliphatic carbocycles. The molecule has 0 atom stereocenters. The average Bonchev–Trinajstić information content (AvgIpc) is 3.47. The van der Waals surface area contributed by atoms with E-state index in [9.17, 15) is 27.2 Å². The van der Waals surface area contributed by atoms with Crippen LogP contribution in [0.2, 0.25) is 5.15 Å². The van der Waals surface area contributed by atoms with Crippen LogP contribution in [0.4, 0.5) is 23.2 Å². The summed E-state index contributed by atoms with van der Waals surface area (Å²) in [6, 6.07) is 6.62. The molecule has 1 N–H and O–H groups in total. The number of nitrogens with one attached hydrogen (secondary N) is 1. The summed E-state index contributed by atoms with van der Waals surface area (Å²) in [5, 5.41) is 5.94. The quantitative estimate of drug-likeness (QED) is 0.425. The number of alkyl halides is 3. The summed E-state index contributed by atoms with van der Waals surface area (Å²) < 4.78 is 56.6. The molecule has 4 aromatic rings. The molecule has 0 saturated carbocycles. The predicted octanol–water partition coefficient (Wildman–Crippen LogP) is 4.02. The van der Waals surface area contributed by atoms with Crippen LogP contribution < -0.4 is 4.90 Å². The number of hydrogen-bond acceptors (Lipinski definition) is 4. The summed E-state index contributed by atoms with van der Waals surface area (Å²) in [4.78, 5) is 32.0. The molecule has 8 nitrogen and oxygen atoms in total. The molecule has 0 unspecified atom stereocenters. The number of piperazine rings is 1. The van der Waals surface area contributed by atoms with Gasteiger partial charge in [0, 0.05) is 36.6 Å². The first-order valence-electron chi connectivity index (χ1n) is 10.3. The largest absolute Gasteiger partial charge is 0.420 e. The summed E-state index contributed by atoms with van der Waals surface area (Å²) >= 11 is 6.33. The number of H-pyrrole nitrogens is 1. The van der Waals surface area contributed by atoms with Gasteiger partial charge in [0.15, 0.2) is 11.3 Å². The Morgan fingerprint density at radius 3 is 2.57 bits per heavy atom. The fraction of sp³-hybridized carbons (Fsp3) is 0.182. The molecule has 1 aliphatic heterocycles. The summed E-state index contributed by atoms with van der Waals surface area (Å²) in [5.41, 5.74) is -1.44. The standard InChI is InChI=1S/C22H15ClF4N6O2/c23-19-18(21(35)31-5-6-32(17(34)11-31)16-4-2-1-3-15(16)24)30-20-14(22(25,26)27)7-12(10-33(19)20)13-8-28-29-9-13/h1-4,7-10H,5-6,11H2,(H,28,29). The van der Waals surface area contributed by atoms with Crippen LogP contribution in [0.3, 0.4) is 0 Å². The van der Waals surface area contributed by atoms with Gasteiger partial charge in [0.2, 0.25) is 5.91 Å². The van der Waals surface area contributed by atoms with Gasteiger partial charge in [-0.05, 0) is 18.2 Å². The molecule has 0 bridgehead atoms. The number of amides is 2. The van der Waals surface area contributed by atoms with E-state index in [1.54, 1.807) is 6.07 Å². The van der Waals surface area contributed by atoms with Crippen molar-refractivity contribution in [3.8, 4) is 11.1 Å². The molecule has 4 heterocycles. The molecule has 0 spiro atoms. The van der Waals surface area contributed by atoms with Crippen molar-refractivity contribution in [3.05, 3.63) is 71.2 Å². The van der Waals surface area contributed by atoms with Crippen LogP contribution in [0.15, 0.2) is 48.9 Å². The van der Waals surface area contributed by atoms with Crippen molar-refractivity contribution in [1.29, 1.82) is 0 Å². The Labute approximate surface area is 199 Å². The minimum absolute atomic E-state index is 0.00502. The Hall–Kier alpha value is -3.93. The Balaban J connectivity index is 1.49. The number of rotatable bonds is 3. The van der Waals surface area contributed by atoms with Crippen LogP contribution in [0.25, 0.3) is 16.8 Å². The number of hydrogen-bond donors (Lipinski definition) is 1. The lowest BCUT2D eigenvalue weighted by Crippen LogP contribution is -2.52. The normalized spacial score (nSPS) is 14.7. The number of para-hydroxylation sites is 1. The van der Waals surface area contributed by atoms with Gasteiger partial charge in [-0.1, -0.05) is 23.7 Å². The summed E-state index contributed by atoms with van der Waals surface area (Å²) in [5.74, 6) is -1.94. The number of halogens is 5. The van der Waals surface area contributed by atoms with Crippen molar-refractivity contribution in [2.45, 2.75) is 6.18 Å². The number of imidazole rings is 1. The first-order valence-corrected chi connectivity index (χ1v) is 10.6. The lowest BCUT2D eigenvalue weighted by atomic mass is 10.1. The molecule has 13 heteroatoms. The molecule has 5 rings (SSSR count). The summed E-state index contributed by atoms with van der Waals surface area (Å²) in [7, 11) is 0. The third-order valence-corrected chi connectivity index (χ3v) is 6.01. The summed E-state index contributed by atoms with van der Waals surface area (Å²) in [6.07, 6.45) is -0.697. The second-order valence-electron chi connectivity index (χ2n) is 7.80. The molecule has 3 aromatic heterocycles. The van der Waals surface area contributed by atoms with Crippen molar-refractivity contribution in [3.63, 3.8) is 0 Å². The number of benzene rings is 1. The Morgan fingerprint density at radius 2 is 1.91 bits per heavy atom. The van der Waals surface area contributed by atoms with E-state index >= 15 is 0 Å². The van der Waals surface area contributed by atoms with Crippen LogP contribution in [-0.2, 0) is 11.0 Å². The molecule has 1 aromatic carbocycles. The van der Waals surface area contributed by atoms with Gasteiger partial charge in [0.25, 0.3) is 5.91 Å². The monoisotopic (exact) mass is 506 g/mol. The highest BCUT2D eigenvalue weighted by molar-refractivity contribution is 6.33. The van der Waals surface area contributed by atoms with Crippen LogP contribution in [0.5, 0.6) is 0 Å². The second kappa shape index (κ2) is 8.38. The van der Waals surface area contributed by atoms with Gasteiger partial charge in [0.1, 0.15) is 17.5 Å². The zero-order chi connectivity index (χ0) is 24.9. The average molecular weight is 507 g/mol. The number of fused-ring (bicyclic) bond motifs is 1. The fourth-order valence-corrected chi connectivity index (χ4v) is 4.20. The zero-order valence-electron chi connectivity index (χ0n) is 17.7. The smallest absolute Gasteiger partial charge is 0.326 e. The van der Waals surface area contributed by atoms with Crippen molar-refractivity contribution < 1.29 is 27.2 Å². The summed E-state index contributed by atoms with van der Waals surface area (Å²) in [6.45, 7) is -0.409. The maximum atomic E-state index is 14.1. The van der Waals surface area contributed by atoms with Crippen molar-refractivity contribution >= 4 is 34.7 Å². The van der Waals surface area contributed by atoms with Crippen LogP contribution >= 0.6 is 11.6 Å². The first kappa shape index (κ1) is 22.8. The Bertz CT molecular complexity index is 1450. The maximum Gasteiger partial charge on any atom is 0.420 e.